The Morgan fingerprint density at radius 3 is 2.73 bits per heavy atom. The van der Waals surface area contributed by atoms with Crippen LogP contribution in [0.25, 0.3) is 0 Å². The highest BCUT2D eigenvalue weighted by Crippen LogP contribution is 2.44. The first-order chi connectivity index (χ1) is 12.6. The maximum Gasteiger partial charge on any atom is 0.234 e. The summed E-state index contributed by atoms with van der Waals surface area (Å²) in [5.41, 5.74) is 0.986. The maximum atomic E-state index is 12.4. The lowest BCUT2D eigenvalue weighted by Crippen LogP contribution is -2.49. The highest BCUT2D eigenvalue weighted by molar-refractivity contribution is 5.78. The first-order valence-electron chi connectivity index (χ1n) is 9.44. The summed E-state index contributed by atoms with van der Waals surface area (Å²) in [7, 11) is 3.20. The van der Waals surface area contributed by atoms with Crippen LogP contribution in [-0.4, -0.2) is 55.9 Å². The molecule has 144 valence electrons. The molecule has 6 heteroatoms. The molecular weight excluding hydrogens is 332 g/mol. The van der Waals surface area contributed by atoms with E-state index in [1.165, 1.54) is 0 Å². The van der Waals surface area contributed by atoms with Gasteiger partial charge in [-0.3, -0.25) is 9.69 Å². The van der Waals surface area contributed by atoms with Crippen molar-refractivity contribution < 1.29 is 19.4 Å². The van der Waals surface area contributed by atoms with Crippen molar-refractivity contribution in [2.24, 2.45) is 5.41 Å². The molecule has 1 amide bonds. The molecule has 1 aliphatic carbocycles. The molecule has 2 fully saturated rings. The van der Waals surface area contributed by atoms with E-state index in [1.807, 2.05) is 18.2 Å². The Kier molecular flexibility index (Phi) is 6.04. The van der Waals surface area contributed by atoms with Crippen molar-refractivity contribution in [3.8, 4) is 11.5 Å². The van der Waals surface area contributed by atoms with Crippen LogP contribution in [0.5, 0.6) is 11.5 Å². The number of likely N-dealkylation sites (tertiary alicyclic amines) is 1. The number of hydrogen-bond donors (Lipinski definition) is 2. The number of carbonyl (C=O) groups excluding carboxylic acids is 1. The monoisotopic (exact) mass is 362 g/mol. The molecule has 2 atom stereocenters. The lowest BCUT2D eigenvalue weighted by molar-refractivity contribution is -0.123. The molecule has 1 saturated heterocycles. The van der Waals surface area contributed by atoms with Gasteiger partial charge >= 0.3 is 0 Å². The normalized spacial score (nSPS) is 26.0. The van der Waals surface area contributed by atoms with Gasteiger partial charge in [-0.25, -0.2) is 0 Å². The SMILES string of the molecule is COc1ccc(CNC(=O)CN2CCC[C@]3(CCC[C@H]3O)C2)cc1OC. The average Bonchev–Trinajstić information content (AvgIpc) is 2.99. The second-order valence-electron chi connectivity index (χ2n) is 7.55. The van der Waals surface area contributed by atoms with Crippen LogP contribution in [0.2, 0.25) is 0 Å². The topological polar surface area (TPSA) is 71.0 Å². The van der Waals surface area contributed by atoms with Crippen LogP contribution < -0.4 is 14.8 Å². The molecule has 2 N–H and O–H groups in total. The fourth-order valence-electron chi connectivity index (χ4n) is 4.44. The predicted octanol–water partition coefficient (Wildman–Crippen LogP) is 1.95. The Balaban J connectivity index is 1.51. The van der Waals surface area contributed by atoms with Gasteiger partial charge < -0.3 is 19.9 Å². The summed E-state index contributed by atoms with van der Waals surface area (Å²) >= 11 is 0. The molecule has 3 rings (SSSR count). The van der Waals surface area contributed by atoms with Crippen LogP contribution in [0.4, 0.5) is 0 Å². The molecule has 6 nitrogen and oxygen atoms in total. The first-order valence-corrected chi connectivity index (χ1v) is 9.44. The standard InChI is InChI=1S/C20H30N2O4/c1-25-16-7-6-15(11-17(16)26-2)12-21-19(24)13-22-10-4-9-20(14-22)8-3-5-18(20)23/h6-7,11,18,23H,3-5,8-10,12-14H2,1-2H3,(H,21,24)/t18-,20-/m1/s1. The van der Waals surface area contributed by atoms with Crippen molar-refractivity contribution in [3.63, 3.8) is 0 Å². The van der Waals surface area contributed by atoms with E-state index < -0.39 is 0 Å². The van der Waals surface area contributed by atoms with Crippen LogP contribution in [-0.2, 0) is 11.3 Å². The molecule has 0 radical (unpaired) electrons. The molecule has 26 heavy (non-hydrogen) atoms. The number of aliphatic hydroxyl groups is 1. The fraction of sp³-hybridized carbons (Fsp3) is 0.650. The Labute approximate surface area is 155 Å². The average molecular weight is 362 g/mol. The Morgan fingerprint density at radius 2 is 2.04 bits per heavy atom. The summed E-state index contributed by atoms with van der Waals surface area (Å²) < 4.78 is 10.5. The maximum absolute atomic E-state index is 12.4. The van der Waals surface area contributed by atoms with Crippen molar-refractivity contribution in [2.75, 3.05) is 33.9 Å². The van der Waals surface area contributed by atoms with Crippen molar-refractivity contribution in [1.82, 2.24) is 10.2 Å². The van der Waals surface area contributed by atoms with Crippen LogP contribution in [0.3, 0.4) is 0 Å². The van der Waals surface area contributed by atoms with Gasteiger partial charge in [-0.05, 0) is 49.9 Å². The van der Waals surface area contributed by atoms with Gasteiger partial charge in [-0.2, -0.15) is 0 Å². The molecule has 1 spiro atoms. The van der Waals surface area contributed by atoms with Crippen LogP contribution in [0, 0.1) is 5.41 Å². The Morgan fingerprint density at radius 1 is 1.27 bits per heavy atom. The molecule has 0 unspecified atom stereocenters. The van der Waals surface area contributed by atoms with E-state index in [0.717, 1.165) is 50.8 Å². The van der Waals surface area contributed by atoms with E-state index in [1.54, 1.807) is 14.2 Å². The molecular formula is C20H30N2O4. The number of rotatable bonds is 6. The van der Waals surface area contributed by atoms with Gasteiger partial charge in [0.15, 0.2) is 11.5 Å². The highest BCUT2D eigenvalue weighted by Gasteiger charge is 2.44. The molecule has 1 aromatic rings. The lowest BCUT2D eigenvalue weighted by atomic mass is 9.77. The zero-order chi connectivity index (χ0) is 18.6. The molecule has 1 aliphatic heterocycles. The van der Waals surface area contributed by atoms with Gasteiger partial charge in [0.2, 0.25) is 5.91 Å². The van der Waals surface area contributed by atoms with Gasteiger partial charge in [0.25, 0.3) is 0 Å². The predicted molar refractivity (Wildman–Crippen MR) is 99.4 cm³/mol. The molecule has 1 heterocycles. The number of nitrogens with zero attached hydrogens (tertiary/aromatic N) is 1. The van der Waals surface area contributed by atoms with E-state index in [0.29, 0.717) is 24.6 Å². The Hall–Kier alpha value is -1.79. The summed E-state index contributed by atoms with van der Waals surface area (Å²) in [5.74, 6) is 1.35. The van der Waals surface area contributed by atoms with Crippen molar-refractivity contribution in [2.45, 2.75) is 44.8 Å². The third kappa shape index (κ3) is 4.13. The zero-order valence-corrected chi connectivity index (χ0v) is 15.8. The number of hydrogen-bond acceptors (Lipinski definition) is 5. The number of amides is 1. The molecule has 2 aliphatic rings. The smallest absolute Gasteiger partial charge is 0.234 e. The minimum atomic E-state index is -0.208. The van der Waals surface area contributed by atoms with Gasteiger partial charge in [0.1, 0.15) is 0 Å². The lowest BCUT2D eigenvalue weighted by Gasteiger charge is -2.42. The Bertz CT molecular complexity index is 636. The van der Waals surface area contributed by atoms with Crippen LogP contribution >= 0.6 is 0 Å². The molecule has 1 saturated carbocycles. The first kappa shape index (κ1) is 19.0. The molecule has 0 aromatic heterocycles. The third-order valence-electron chi connectivity index (χ3n) is 5.85. The van der Waals surface area contributed by atoms with Gasteiger partial charge in [0.05, 0.1) is 26.9 Å². The number of aliphatic hydroxyl groups excluding tert-OH is 1. The third-order valence-corrected chi connectivity index (χ3v) is 5.85. The largest absolute Gasteiger partial charge is 0.493 e. The number of carbonyl (C=O) groups is 1. The molecule has 0 bridgehead atoms. The fourth-order valence-corrected chi connectivity index (χ4v) is 4.44. The summed E-state index contributed by atoms with van der Waals surface area (Å²) in [6, 6.07) is 5.65. The minimum absolute atomic E-state index is 0.0158. The minimum Gasteiger partial charge on any atom is -0.493 e. The summed E-state index contributed by atoms with van der Waals surface area (Å²) in [5, 5.41) is 13.3. The van der Waals surface area contributed by atoms with E-state index in [2.05, 4.69) is 10.2 Å². The summed E-state index contributed by atoms with van der Waals surface area (Å²) in [6.45, 7) is 2.61. The van der Waals surface area contributed by atoms with E-state index in [-0.39, 0.29) is 17.4 Å². The van der Waals surface area contributed by atoms with Gasteiger partial charge in [-0.15, -0.1) is 0 Å². The van der Waals surface area contributed by atoms with Gasteiger partial charge in [0, 0.05) is 18.5 Å². The number of benzene rings is 1. The summed E-state index contributed by atoms with van der Waals surface area (Å²) in [6.07, 6.45) is 5.01. The second-order valence-corrected chi connectivity index (χ2v) is 7.55. The molecule has 1 aromatic carbocycles. The number of methoxy groups -OCH3 is 2. The number of ether oxygens (including phenoxy) is 2. The second kappa shape index (κ2) is 8.27. The zero-order valence-electron chi connectivity index (χ0n) is 15.8. The van der Waals surface area contributed by atoms with Crippen LogP contribution in [0.1, 0.15) is 37.7 Å². The van der Waals surface area contributed by atoms with Crippen LogP contribution in [0.15, 0.2) is 18.2 Å². The quantitative estimate of drug-likeness (QED) is 0.809. The number of piperidine rings is 1. The summed E-state index contributed by atoms with van der Waals surface area (Å²) in [4.78, 5) is 14.6. The van der Waals surface area contributed by atoms with E-state index >= 15 is 0 Å². The number of nitrogens with one attached hydrogen (secondary N) is 1. The van der Waals surface area contributed by atoms with E-state index in [9.17, 15) is 9.90 Å². The van der Waals surface area contributed by atoms with Gasteiger partial charge in [-0.1, -0.05) is 12.5 Å². The van der Waals surface area contributed by atoms with Crippen molar-refractivity contribution >= 4 is 5.91 Å². The van der Waals surface area contributed by atoms with E-state index in [4.69, 9.17) is 9.47 Å². The van der Waals surface area contributed by atoms with Crippen molar-refractivity contribution in [1.29, 1.82) is 0 Å². The highest BCUT2D eigenvalue weighted by atomic mass is 16.5. The van der Waals surface area contributed by atoms with Crippen molar-refractivity contribution in [3.05, 3.63) is 23.8 Å².